The molecule has 4 aromatic heterocycles. The van der Waals surface area contributed by atoms with Crippen molar-refractivity contribution in [3.05, 3.63) is 104 Å². The number of carbonyl (C=O) groups excluding carboxylic acids is 1. The summed E-state index contributed by atoms with van der Waals surface area (Å²) in [6.07, 6.45) is 3.53. The summed E-state index contributed by atoms with van der Waals surface area (Å²) in [5.41, 5.74) is 3.78. The third-order valence-electron chi connectivity index (χ3n) is 6.18. The summed E-state index contributed by atoms with van der Waals surface area (Å²) in [4.78, 5) is 43.2. The fourth-order valence-corrected chi connectivity index (χ4v) is 6.35. The summed E-state index contributed by atoms with van der Waals surface area (Å²) in [5.74, 6) is 0.264. The van der Waals surface area contributed by atoms with Gasteiger partial charge in [-0.1, -0.05) is 35.9 Å². The fraction of sp³-hybridized carbons (Fsp3) is 0.214. The molecule has 0 saturated carbocycles. The van der Waals surface area contributed by atoms with Gasteiger partial charge in [-0.3, -0.25) is 14.6 Å². The third kappa shape index (κ3) is 4.74. The molecule has 1 atom stereocenters. The summed E-state index contributed by atoms with van der Waals surface area (Å²) in [7, 11) is 0. The van der Waals surface area contributed by atoms with E-state index in [4.69, 9.17) is 0 Å². The molecule has 0 spiro atoms. The van der Waals surface area contributed by atoms with E-state index >= 15 is 0 Å². The molecule has 0 radical (unpaired) electrons. The van der Waals surface area contributed by atoms with Gasteiger partial charge in [-0.05, 0) is 50.1 Å². The number of pyridine rings is 1. The second kappa shape index (κ2) is 10.2. The maximum Gasteiger partial charge on any atom is 0.260 e. The quantitative estimate of drug-likeness (QED) is 0.293. The molecule has 0 bridgehead atoms. The van der Waals surface area contributed by atoms with Crippen molar-refractivity contribution < 1.29 is 4.79 Å². The normalized spacial score (nSPS) is 12.1. The molecule has 36 heavy (non-hydrogen) atoms. The van der Waals surface area contributed by atoms with Crippen LogP contribution in [0.4, 0.5) is 0 Å². The summed E-state index contributed by atoms with van der Waals surface area (Å²) >= 11 is 3.08. The number of amides is 1. The lowest BCUT2D eigenvalue weighted by Crippen LogP contribution is -2.37. The van der Waals surface area contributed by atoms with Crippen LogP contribution < -0.4 is 5.56 Å². The Labute approximate surface area is 217 Å². The van der Waals surface area contributed by atoms with Crippen LogP contribution in [0.2, 0.25) is 0 Å². The van der Waals surface area contributed by atoms with Gasteiger partial charge in [0.1, 0.15) is 10.7 Å². The number of thiophene rings is 2. The zero-order valence-electron chi connectivity index (χ0n) is 20.3. The van der Waals surface area contributed by atoms with Crippen LogP contribution in [0, 0.1) is 13.8 Å². The highest BCUT2D eigenvalue weighted by atomic mass is 32.1. The number of hydrogen-bond donors (Lipinski definition) is 1. The largest absolute Gasteiger partial charge is 0.331 e. The lowest BCUT2D eigenvalue weighted by atomic mass is 9.97. The van der Waals surface area contributed by atoms with Gasteiger partial charge in [0.15, 0.2) is 0 Å². The van der Waals surface area contributed by atoms with Crippen molar-refractivity contribution in [3.8, 4) is 10.4 Å². The predicted molar refractivity (Wildman–Crippen MR) is 147 cm³/mol. The minimum atomic E-state index is -0.289. The molecule has 4 heterocycles. The highest BCUT2D eigenvalue weighted by Crippen LogP contribution is 2.35. The van der Waals surface area contributed by atoms with E-state index in [0.717, 1.165) is 27.1 Å². The highest BCUT2D eigenvalue weighted by Gasteiger charge is 2.27. The van der Waals surface area contributed by atoms with E-state index in [1.807, 2.05) is 67.4 Å². The molecular weight excluding hydrogens is 488 g/mol. The van der Waals surface area contributed by atoms with Crippen LogP contribution in [0.1, 0.15) is 40.4 Å². The maximum atomic E-state index is 13.6. The topological polar surface area (TPSA) is 79.0 Å². The van der Waals surface area contributed by atoms with Gasteiger partial charge in [-0.15, -0.1) is 22.7 Å². The van der Waals surface area contributed by atoms with E-state index in [0.29, 0.717) is 22.6 Å². The van der Waals surface area contributed by atoms with Gasteiger partial charge >= 0.3 is 0 Å². The summed E-state index contributed by atoms with van der Waals surface area (Å²) in [6, 6.07) is 15.8. The number of carbonyl (C=O) groups is 1. The molecule has 0 saturated heterocycles. The van der Waals surface area contributed by atoms with Crippen LogP contribution in [-0.2, 0) is 11.2 Å². The molecular formula is C28H26N4O2S2. The number of hydrogen-bond acceptors (Lipinski definition) is 6. The molecule has 0 aliphatic heterocycles. The molecule has 182 valence electrons. The number of aromatic nitrogens is 3. The molecule has 5 aromatic rings. The van der Waals surface area contributed by atoms with E-state index < -0.39 is 0 Å². The maximum absolute atomic E-state index is 13.6. The number of nitrogens with zero attached hydrogens (tertiary/aromatic N) is 3. The Morgan fingerprint density at radius 3 is 2.56 bits per heavy atom. The van der Waals surface area contributed by atoms with Crippen LogP contribution in [0.5, 0.6) is 0 Å². The number of aromatic amines is 1. The fourth-order valence-electron chi connectivity index (χ4n) is 4.42. The Bertz CT molecular complexity index is 1570. The van der Waals surface area contributed by atoms with Crippen LogP contribution >= 0.6 is 22.7 Å². The van der Waals surface area contributed by atoms with Gasteiger partial charge < -0.3 is 9.88 Å². The number of H-pyrrole nitrogens is 1. The Morgan fingerprint density at radius 2 is 1.89 bits per heavy atom. The van der Waals surface area contributed by atoms with Gasteiger partial charge in [0.05, 0.1) is 17.8 Å². The Morgan fingerprint density at radius 1 is 1.08 bits per heavy atom. The van der Waals surface area contributed by atoms with E-state index in [9.17, 15) is 9.59 Å². The number of rotatable bonds is 7. The minimum Gasteiger partial charge on any atom is -0.331 e. The first kappa shape index (κ1) is 24.1. The van der Waals surface area contributed by atoms with Crippen molar-refractivity contribution >= 4 is 38.8 Å². The molecule has 5 rings (SSSR count). The molecule has 1 amide bonds. The van der Waals surface area contributed by atoms with Crippen LogP contribution in [-0.4, -0.2) is 32.3 Å². The Balaban J connectivity index is 1.48. The molecule has 1 unspecified atom stereocenters. The smallest absolute Gasteiger partial charge is 0.260 e. The van der Waals surface area contributed by atoms with Crippen molar-refractivity contribution in [2.45, 2.75) is 33.2 Å². The number of fused-ring (bicyclic) bond motifs is 1. The lowest BCUT2D eigenvalue weighted by molar-refractivity contribution is -0.132. The zero-order valence-corrected chi connectivity index (χ0v) is 22.0. The molecule has 6 nitrogen and oxygen atoms in total. The van der Waals surface area contributed by atoms with Gasteiger partial charge in [0, 0.05) is 39.6 Å². The highest BCUT2D eigenvalue weighted by molar-refractivity contribution is 7.19. The van der Waals surface area contributed by atoms with E-state index in [-0.39, 0.29) is 23.9 Å². The van der Waals surface area contributed by atoms with Crippen molar-refractivity contribution in [2.75, 3.05) is 6.54 Å². The summed E-state index contributed by atoms with van der Waals surface area (Å²) in [6.45, 7) is 6.55. The van der Waals surface area contributed by atoms with Gasteiger partial charge in [0.2, 0.25) is 5.91 Å². The molecule has 8 heteroatoms. The predicted octanol–water partition coefficient (Wildman–Crippen LogP) is 5.91. The van der Waals surface area contributed by atoms with E-state index in [1.54, 1.807) is 23.7 Å². The number of nitrogens with one attached hydrogen (secondary N) is 1. The average Bonchev–Trinajstić information content (AvgIpc) is 3.50. The van der Waals surface area contributed by atoms with Crippen LogP contribution in [0.15, 0.2) is 71.1 Å². The zero-order chi connectivity index (χ0) is 25.2. The first-order valence-electron chi connectivity index (χ1n) is 11.8. The summed E-state index contributed by atoms with van der Waals surface area (Å²) in [5, 5.41) is 2.55. The van der Waals surface area contributed by atoms with E-state index in [1.165, 1.54) is 16.2 Å². The van der Waals surface area contributed by atoms with Crippen molar-refractivity contribution in [3.63, 3.8) is 0 Å². The Kier molecular flexibility index (Phi) is 6.80. The Hall–Kier alpha value is -3.62. The van der Waals surface area contributed by atoms with Crippen LogP contribution in [0.3, 0.4) is 0 Å². The van der Waals surface area contributed by atoms with E-state index in [2.05, 4.69) is 27.1 Å². The monoisotopic (exact) mass is 514 g/mol. The SMILES string of the molecule is CCN(C(=O)Cc1nc2scc(-c3ccc(C)s3)c2c(=O)[nH]1)C(c1ccc(C)cc1)c1cccnc1. The van der Waals surface area contributed by atoms with Gasteiger partial charge in [-0.25, -0.2) is 4.98 Å². The molecule has 0 aliphatic carbocycles. The lowest BCUT2D eigenvalue weighted by Gasteiger charge is -2.31. The first-order chi connectivity index (χ1) is 17.4. The molecule has 1 N–H and O–H groups in total. The minimum absolute atomic E-state index is 0.00693. The summed E-state index contributed by atoms with van der Waals surface area (Å²) < 4.78 is 0. The van der Waals surface area contributed by atoms with Crippen molar-refractivity contribution in [1.82, 2.24) is 19.9 Å². The number of benzene rings is 1. The second-order valence-electron chi connectivity index (χ2n) is 8.71. The number of aryl methyl sites for hydroxylation is 2. The van der Waals surface area contributed by atoms with Crippen LogP contribution in [0.25, 0.3) is 20.7 Å². The standard InChI is InChI=1S/C28H26N4O2S2/c1-4-32(26(20-6-5-13-29-15-20)19-10-7-17(2)8-11-19)24(33)14-23-30-27(34)25-21(16-35-28(25)31-23)22-12-9-18(3)36-22/h5-13,15-16,26H,4,14H2,1-3H3,(H,30,31,34). The van der Waals surface area contributed by atoms with Crippen molar-refractivity contribution in [1.29, 1.82) is 0 Å². The first-order valence-corrected chi connectivity index (χ1v) is 13.5. The second-order valence-corrected chi connectivity index (χ2v) is 10.9. The van der Waals surface area contributed by atoms with Gasteiger partial charge in [0.25, 0.3) is 5.56 Å². The molecule has 0 fully saturated rings. The van der Waals surface area contributed by atoms with Gasteiger partial charge in [-0.2, -0.15) is 0 Å². The molecule has 0 aliphatic rings. The number of likely N-dealkylation sites (N-methyl/N-ethyl adjacent to an activating group) is 1. The van der Waals surface area contributed by atoms with Crippen molar-refractivity contribution in [2.24, 2.45) is 0 Å². The molecule has 1 aromatic carbocycles. The third-order valence-corrected chi connectivity index (χ3v) is 8.09. The average molecular weight is 515 g/mol.